The van der Waals surface area contributed by atoms with Crippen LogP contribution in [0.4, 0.5) is 0 Å². The Labute approximate surface area is 254 Å². The number of rotatable bonds is 12. The predicted octanol–water partition coefficient (Wildman–Crippen LogP) is 0.439. The Hall–Kier alpha value is -3.17. The molecule has 13 heteroatoms. The van der Waals surface area contributed by atoms with Crippen molar-refractivity contribution in [1.29, 1.82) is 0 Å². The number of methoxy groups -OCH3 is 1. The summed E-state index contributed by atoms with van der Waals surface area (Å²) < 4.78 is 28.1. The Kier molecular flexibility index (Phi) is 11.7. The molecule has 44 heavy (non-hydrogen) atoms. The van der Waals surface area contributed by atoms with Gasteiger partial charge in [-0.25, -0.2) is 4.79 Å². The highest BCUT2D eigenvalue weighted by molar-refractivity contribution is 5.89. The molecule has 3 aliphatic heterocycles. The number of carbonyl (C=O) groups excluding carboxylic acids is 3. The van der Waals surface area contributed by atoms with E-state index in [2.05, 4.69) is 6.58 Å². The van der Waals surface area contributed by atoms with Crippen LogP contribution in [0.3, 0.4) is 0 Å². The zero-order chi connectivity index (χ0) is 32.0. The van der Waals surface area contributed by atoms with Gasteiger partial charge in [0.15, 0.2) is 6.29 Å². The van der Waals surface area contributed by atoms with E-state index in [9.17, 15) is 39.9 Å². The van der Waals surface area contributed by atoms with Crippen LogP contribution in [0, 0.1) is 11.8 Å². The Morgan fingerprint density at radius 2 is 1.73 bits per heavy atom. The highest BCUT2D eigenvalue weighted by Gasteiger charge is 2.48. The normalized spacial score (nSPS) is 34.0. The van der Waals surface area contributed by atoms with Gasteiger partial charge in [-0.2, -0.15) is 0 Å². The summed E-state index contributed by atoms with van der Waals surface area (Å²) in [5.74, 6) is -2.15. The third-order valence-electron chi connectivity index (χ3n) is 8.21. The minimum absolute atomic E-state index is 0.0432. The van der Waals surface area contributed by atoms with Crippen molar-refractivity contribution in [3.05, 3.63) is 54.3 Å². The maximum Gasteiger partial charge on any atom is 0.337 e. The van der Waals surface area contributed by atoms with E-state index in [0.717, 1.165) is 11.8 Å². The maximum atomic E-state index is 12.7. The first-order valence-electron chi connectivity index (χ1n) is 14.5. The molecular formula is C31H40O13. The van der Waals surface area contributed by atoms with Crippen LogP contribution in [0.25, 0.3) is 0 Å². The molecule has 0 aromatic heterocycles. The monoisotopic (exact) mass is 620 g/mol. The maximum absolute atomic E-state index is 12.7. The molecule has 0 unspecified atom stereocenters. The first-order valence-corrected chi connectivity index (χ1v) is 14.5. The molecule has 5 N–H and O–H groups in total. The van der Waals surface area contributed by atoms with Crippen LogP contribution in [-0.2, 0) is 44.5 Å². The number of carbonyl (C=O) groups is 3. The van der Waals surface area contributed by atoms with Gasteiger partial charge in [0.2, 0.25) is 6.29 Å². The van der Waals surface area contributed by atoms with Crippen molar-refractivity contribution in [3.63, 3.8) is 0 Å². The summed E-state index contributed by atoms with van der Waals surface area (Å²) in [6.45, 7) is 3.20. The van der Waals surface area contributed by atoms with Gasteiger partial charge in [0, 0.05) is 37.5 Å². The summed E-state index contributed by atoms with van der Waals surface area (Å²) in [6, 6.07) is 6.58. The average Bonchev–Trinajstić information content (AvgIpc) is 3.00. The van der Waals surface area contributed by atoms with E-state index < -0.39 is 73.6 Å². The summed E-state index contributed by atoms with van der Waals surface area (Å²) in [4.78, 5) is 38.2. The highest BCUT2D eigenvalue weighted by Crippen LogP contribution is 2.39. The predicted molar refractivity (Wildman–Crippen MR) is 151 cm³/mol. The molecule has 10 atom stereocenters. The largest absolute Gasteiger partial charge is 0.508 e. The lowest BCUT2D eigenvalue weighted by Crippen LogP contribution is -2.60. The molecule has 1 aromatic rings. The number of hydrogen-bond acceptors (Lipinski definition) is 13. The number of benzene rings is 1. The second kappa shape index (κ2) is 15.2. The van der Waals surface area contributed by atoms with Crippen LogP contribution in [-0.4, -0.2) is 106 Å². The fraction of sp³-hybridized carbons (Fsp3) is 0.581. The summed E-state index contributed by atoms with van der Waals surface area (Å²) in [5, 5.41) is 49.7. The molecule has 4 rings (SSSR count). The summed E-state index contributed by atoms with van der Waals surface area (Å²) >= 11 is 0. The average molecular weight is 621 g/mol. The van der Waals surface area contributed by atoms with Gasteiger partial charge in [-0.05, 0) is 30.5 Å². The van der Waals surface area contributed by atoms with Crippen molar-refractivity contribution in [2.24, 2.45) is 11.8 Å². The minimum atomic E-state index is -1.68. The fourth-order valence-corrected chi connectivity index (χ4v) is 5.83. The number of aromatic hydroxyl groups is 1. The number of phenols is 1. The van der Waals surface area contributed by atoms with Gasteiger partial charge in [0.05, 0.1) is 37.8 Å². The lowest BCUT2D eigenvalue weighted by molar-refractivity contribution is -0.339. The van der Waals surface area contributed by atoms with E-state index in [1.807, 2.05) is 0 Å². The van der Waals surface area contributed by atoms with Gasteiger partial charge in [0.25, 0.3) is 0 Å². The van der Waals surface area contributed by atoms with Crippen molar-refractivity contribution in [1.82, 2.24) is 0 Å². The molecule has 242 valence electrons. The number of esters is 1. The van der Waals surface area contributed by atoms with Gasteiger partial charge in [0.1, 0.15) is 41.7 Å². The van der Waals surface area contributed by atoms with Crippen molar-refractivity contribution >= 4 is 17.5 Å². The van der Waals surface area contributed by atoms with Crippen molar-refractivity contribution in [2.45, 2.75) is 87.7 Å². The molecule has 0 saturated carbocycles. The zero-order valence-electron chi connectivity index (χ0n) is 24.4. The standard InChI is InChI=1S/C31H40O13/c1-3-22-23(13-21-12-19(35)11-20(42-21)10-18(34)9-6-16-4-7-17(33)8-5-16)24(29(39)40-2)15-41-30(22)44-31-28(38)27(37)26(36)25(14-32)43-31/h3-5,7-8,15,20-23,25-28,30-33,36-38H,1,6,9-14H2,2H3/t20-,21+,22+,23-,25+,26+,27-,28+,30-,31-/m0/s1. The lowest BCUT2D eigenvalue weighted by Gasteiger charge is -2.43. The third kappa shape index (κ3) is 8.10. The van der Waals surface area contributed by atoms with Crippen molar-refractivity contribution in [3.8, 4) is 5.75 Å². The Balaban J connectivity index is 1.44. The Morgan fingerprint density at radius 1 is 1.02 bits per heavy atom. The van der Waals surface area contributed by atoms with Gasteiger partial charge in [-0.1, -0.05) is 18.2 Å². The van der Waals surface area contributed by atoms with Gasteiger partial charge >= 0.3 is 5.97 Å². The summed E-state index contributed by atoms with van der Waals surface area (Å²) in [5.41, 5.74) is 1.03. The van der Waals surface area contributed by atoms with E-state index in [-0.39, 0.29) is 55.0 Å². The molecule has 13 nitrogen and oxygen atoms in total. The van der Waals surface area contributed by atoms with E-state index in [1.165, 1.54) is 13.2 Å². The molecule has 3 heterocycles. The van der Waals surface area contributed by atoms with Crippen molar-refractivity contribution in [2.75, 3.05) is 13.7 Å². The third-order valence-corrected chi connectivity index (χ3v) is 8.21. The van der Waals surface area contributed by atoms with Gasteiger partial charge in [-0.3, -0.25) is 9.59 Å². The zero-order valence-corrected chi connectivity index (χ0v) is 24.4. The van der Waals surface area contributed by atoms with Crippen LogP contribution in [0.15, 0.2) is 48.8 Å². The van der Waals surface area contributed by atoms with Gasteiger partial charge in [-0.15, -0.1) is 6.58 Å². The molecule has 0 spiro atoms. The molecule has 3 aliphatic rings. The van der Waals surface area contributed by atoms with Crippen LogP contribution in [0.1, 0.15) is 37.7 Å². The Bertz CT molecular complexity index is 1200. The number of aliphatic hydroxyl groups excluding tert-OH is 4. The minimum Gasteiger partial charge on any atom is -0.508 e. The lowest BCUT2D eigenvalue weighted by atomic mass is 9.78. The second-order valence-electron chi connectivity index (χ2n) is 11.3. The number of Topliss-reactive ketones (excluding diaryl/α,β-unsaturated/α-hetero) is 2. The molecule has 0 amide bonds. The molecule has 0 bridgehead atoms. The van der Waals surface area contributed by atoms with E-state index in [0.29, 0.717) is 6.42 Å². The van der Waals surface area contributed by atoms with Gasteiger partial charge < -0.3 is 49.2 Å². The smallest absolute Gasteiger partial charge is 0.337 e. The summed E-state index contributed by atoms with van der Waals surface area (Å²) in [6.07, 6.45) is -6.44. The second-order valence-corrected chi connectivity index (χ2v) is 11.3. The van der Waals surface area contributed by atoms with Crippen LogP contribution >= 0.6 is 0 Å². The van der Waals surface area contributed by atoms with E-state index in [1.54, 1.807) is 24.3 Å². The van der Waals surface area contributed by atoms with E-state index >= 15 is 0 Å². The first kappa shape index (κ1) is 33.7. The number of aliphatic hydroxyl groups is 4. The molecule has 1 aromatic carbocycles. The quantitative estimate of drug-likeness (QED) is 0.159. The number of aryl methyl sites for hydroxylation is 1. The van der Waals surface area contributed by atoms with Crippen LogP contribution in [0.2, 0.25) is 0 Å². The number of hydrogen-bond donors (Lipinski definition) is 5. The number of ketones is 2. The molecule has 2 saturated heterocycles. The summed E-state index contributed by atoms with van der Waals surface area (Å²) in [7, 11) is 1.21. The highest BCUT2D eigenvalue weighted by atomic mass is 16.8. The number of phenolic OH excluding ortho intramolecular Hbond substituents is 1. The Morgan fingerprint density at radius 3 is 2.39 bits per heavy atom. The molecule has 2 fully saturated rings. The number of ether oxygens (including phenoxy) is 5. The van der Waals surface area contributed by atoms with Crippen LogP contribution < -0.4 is 0 Å². The fourth-order valence-electron chi connectivity index (χ4n) is 5.83. The van der Waals surface area contributed by atoms with Crippen LogP contribution in [0.5, 0.6) is 5.75 Å². The molecule has 0 radical (unpaired) electrons. The first-order chi connectivity index (χ1) is 21.0. The molecule has 0 aliphatic carbocycles. The topological polar surface area (TPSA) is 199 Å². The molecular weight excluding hydrogens is 580 g/mol. The SMILES string of the molecule is C=C[C@H]1[C@H](O[C@@H]2O[C@H](CO)[C@@H](O)[C@H](O)[C@H]2O)OC=C(C(=O)OC)[C@H]1C[C@H]1CC(=O)C[C@H](CC(=O)CCc2ccc(O)cc2)O1. The van der Waals surface area contributed by atoms with Crippen molar-refractivity contribution < 1.29 is 63.6 Å². The van der Waals surface area contributed by atoms with E-state index in [4.69, 9.17) is 23.7 Å².